The fraction of sp³-hybridized carbons (Fsp3) is 0.158. The Bertz CT molecular complexity index is 942. The highest BCUT2D eigenvalue weighted by Crippen LogP contribution is 2.32. The Morgan fingerprint density at radius 1 is 1.19 bits per heavy atom. The number of hydrogen-bond donors (Lipinski definition) is 1. The Kier molecular flexibility index (Phi) is 5.71. The summed E-state index contributed by atoms with van der Waals surface area (Å²) in [5, 5.41) is -0.582. The van der Waals surface area contributed by atoms with Crippen LogP contribution >= 0.6 is 11.6 Å². The number of benzene rings is 1. The molecule has 0 saturated carbocycles. The third-order valence-corrected chi connectivity index (χ3v) is 4.12. The van der Waals surface area contributed by atoms with Crippen molar-refractivity contribution in [3.05, 3.63) is 76.7 Å². The molecule has 8 heteroatoms. The second-order valence-corrected chi connectivity index (χ2v) is 6.07. The molecule has 2 N–H and O–H groups in total. The lowest BCUT2D eigenvalue weighted by atomic mass is 10.1. The molecular weight excluding hydrogens is 376 g/mol. The minimum atomic E-state index is -0.877. The summed E-state index contributed by atoms with van der Waals surface area (Å²) in [6, 6.07) is 9.38. The smallest absolute Gasteiger partial charge is 0.166 e. The molecule has 1 unspecified atom stereocenters. The number of hydrogen-bond acceptors (Lipinski definition) is 5. The van der Waals surface area contributed by atoms with E-state index in [1.165, 1.54) is 12.3 Å². The molecule has 0 aliphatic carbocycles. The van der Waals surface area contributed by atoms with Crippen molar-refractivity contribution < 1.29 is 18.3 Å². The molecule has 1 aromatic carbocycles. The van der Waals surface area contributed by atoms with Gasteiger partial charge in [0.25, 0.3) is 0 Å². The average molecular weight is 392 g/mol. The fourth-order valence-electron chi connectivity index (χ4n) is 2.36. The first-order valence-electron chi connectivity index (χ1n) is 8.04. The van der Waals surface area contributed by atoms with Gasteiger partial charge in [-0.05, 0) is 31.2 Å². The third kappa shape index (κ3) is 4.43. The van der Waals surface area contributed by atoms with Crippen molar-refractivity contribution in [3.8, 4) is 11.5 Å². The standard InChI is InChI=1S/C19H16ClF2N3O2/c1-11(14-5-6-15(21)17(20)18(14)22)27-16-8-13(9-25-19(16)23)26-10-12-4-2-3-7-24-12/h2-9,11H,10H2,1H3,(H2,23,25). The molecule has 2 aromatic heterocycles. The summed E-state index contributed by atoms with van der Waals surface area (Å²) < 4.78 is 38.8. The number of aromatic nitrogens is 2. The van der Waals surface area contributed by atoms with Crippen molar-refractivity contribution in [1.29, 1.82) is 0 Å². The van der Waals surface area contributed by atoms with Crippen LogP contribution in [-0.2, 0) is 6.61 Å². The van der Waals surface area contributed by atoms with E-state index in [-0.39, 0.29) is 23.7 Å². The lowest BCUT2D eigenvalue weighted by molar-refractivity contribution is 0.219. The Morgan fingerprint density at radius 2 is 2.00 bits per heavy atom. The van der Waals surface area contributed by atoms with Crippen LogP contribution in [0.2, 0.25) is 5.02 Å². The van der Waals surface area contributed by atoms with Gasteiger partial charge in [0, 0.05) is 17.8 Å². The van der Waals surface area contributed by atoms with Gasteiger partial charge in [0.15, 0.2) is 17.4 Å². The number of nitrogens with two attached hydrogens (primary N) is 1. The first kappa shape index (κ1) is 18.8. The lowest BCUT2D eigenvalue weighted by Crippen LogP contribution is -2.09. The van der Waals surface area contributed by atoms with E-state index in [2.05, 4.69) is 9.97 Å². The monoisotopic (exact) mass is 391 g/mol. The normalized spacial score (nSPS) is 11.9. The maximum Gasteiger partial charge on any atom is 0.166 e. The van der Waals surface area contributed by atoms with E-state index in [4.69, 9.17) is 26.8 Å². The number of rotatable bonds is 6. The van der Waals surface area contributed by atoms with Crippen molar-refractivity contribution >= 4 is 17.4 Å². The van der Waals surface area contributed by atoms with Crippen LogP contribution in [0.15, 0.2) is 48.8 Å². The van der Waals surface area contributed by atoms with Gasteiger partial charge < -0.3 is 15.2 Å². The predicted molar refractivity (Wildman–Crippen MR) is 97.6 cm³/mol. The van der Waals surface area contributed by atoms with Crippen molar-refractivity contribution in [1.82, 2.24) is 9.97 Å². The van der Waals surface area contributed by atoms with Crippen LogP contribution in [0.4, 0.5) is 14.6 Å². The Labute approximate surface area is 159 Å². The van der Waals surface area contributed by atoms with Crippen LogP contribution in [0, 0.1) is 11.6 Å². The van der Waals surface area contributed by atoms with E-state index < -0.39 is 22.8 Å². The van der Waals surface area contributed by atoms with Gasteiger partial charge in [-0.3, -0.25) is 4.98 Å². The minimum absolute atomic E-state index is 0.0978. The molecule has 0 aliphatic rings. The molecule has 2 heterocycles. The second kappa shape index (κ2) is 8.18. The highest BCUT2D eigenvalue weighted by Gasteiger charge is 2.19. The highest BCUT2D eigenvalue weighted by molar-refractivity contribution is 6.30. The van der Waals surface area contributed by atoms with E-state index in [0.717, 1.165) is 11.8 Å². The highest BCUT2D eigenvalue weighted by atomic mass is 35.5. The average Bonchev–Trinajstić information content (AvgIpc) is 2.67. The number of anilines is 1. The van der Waals surface area contributed by atoms with Gasteiger partial charge in [-0.15, -0.1) is 0 Å². The maximum absolute atomic E-state index is 14.2. The fourth-order valence-corrected chi connectivity index (χ4v) is 2.53. The van der Waals surface area contributed by atoms with Gasteiger partial charge in [0.2, 0.25) is 0 Å². The molecule has 0 radical (unpaired) electrons. The molecule has 0 spiro atoms. The van der Waals surface area contributed by atoms with Crippen LogP contribution in [0.5, 0.6) is 11.5 Å². The van der Waals surface area contributed by atoms with Crippen LogP contribution in [0.25, 0.3) is 0 Å². The third-order valence-electron chi connectivity index (χ3n) is 3.78. The predicted octanol–water partition coefficient (Wildman–Crippen LogP) is 4.71. The zero-order chi connectivity index (χ0) is 19.4. The summed E-state index contributed by atoms with van der Waals surface area (Å²) in [5.41, 5.74) is 6.67. The number of pyridine rings is 2. The molecule has 0 fully saturated rings. The van der Waals surface area contributed by atoms with Crippen LogP contribution in [0.3, 0.4) is 0 Å². The van der Waals surface area contributed by atoms with Gasteiger partial charge in [-0.1, -0.05) is 17.7 Å². The molecule has 140 valence electrons. The summed E-state index contributed by atoms with van der Waals surface area (Å²) in [7, 11) is 0. The van der Waals surface area contributed by atoms with Gasteiger partial charge in [0.1, 0.15) is 29.3 Å². The lowest BCUT2D eigenvalue weighted by Gasteiger charge is -2.18. The largest absolute Gasteiger partial charge is 0.486 e. The molecule has 0 aliphatic heterocycles. The number of halogens is 3. The first-order chi connectivity index (χ1) is 13.0. The zero-order valence-corrected chi connectivity index (χ0v) is 15.1. The summed E-state index contributed by atoms with van der Waals surface area (Å²) in [5.74, 6) is -0.981. The zero-order valence-electron chi connectivity index (χ0n) is 14.3. The molecular formula is C19H16ClF2N3O2. The Balaban J connectivity index is 1.75. The second-order valence-electron chi connectivity index (χ2n) is 5.69. The molecule has 0 amide bonds. The van der Waals surface area contributed by atoms with Crippen LogP contribution in [-0.4, -0.2) is 9.97 Å². The minimum Gasteiger partial charge on any atom is -0.486 e. The molecule has 0 bridgehead atoms. The Morgan fingerprint density at radius 3 is 2.74 bits per heavy atom. The first-order valence-corrected chi connectivity index (χ1v) is 8.41. The van der Waals surface area contributed by atoms with E-state index >= 15 is 0 Å². The molecule has 3 aromatic rings. The van der Waals surface area contributed by atoms with Crippen molar-refractivity contribution in [3.63, 3.8) is 0 Å². The van der Waals surface area contributed by atoms with Crippen molar-refractivity contribution in [2.75, 3.05) is 5.73 Å². The van der Waals surface area contributed by atoms with Crippen molar-refractivity contribution in [2.45, 2.75) is 19.6 Å². The Hall–Kier alpha value is -2.93. The topological polar surface area (TPSA) is 70.3 Å². The molecule has 27 heavy (non-hydrogen) atoms. The van der Waals surface area contributed by atoms with Crippen LogP contribution < -0.4 is 15.2 Å². The van der Waals surface area contributed by atoms with Gasteiger partial charge in [0.05, 0.1) is 11.9 Å². The van der Waals surface area contributed by atoms with E-state index in [1.54, 1.807) is 19.2 Å². The summed E-state index contributed by atoms with van der Waals surface area (Å²) >= 11 is 5.62. The quantitative estimate of drug-likeness (QED) is 0.616. The van der Waals surface area contributed by atoms with Crippen LogP contribution in [0.1, 0.15) is 24.3 Å². The van der Waals surface area contributed by atoms with Gasteiger partial charge >= 0.3 is 0 Å². The van der Waals surface area contributed by atoms with Gasteiger partial charge in [-0.25, -0.2) is 13.8 Å². The maximum atomic E-state index is 14.2. The SMILES string of the molecule is CC(Oc1cc(OCc2ccccn2)cnc1N)c1ccc(F)c(Cl)c1F. The summed E-state index contributed by atoms with van der Waals surface area (Å²) in [6.45, 7) is 1.83. The summed E-state index contributed by atoms with van der Waals surface area (Å²) in [4.78, 5) is 8.18. The van der Waals surface area contributed by atoms with Gasteiger partial charge in [-0.2, -0.15) is 0 Å². The molecule has 3 rings (SSSR count). The van der Waals surface area contributed by atoms with Crippen molar-refractivity contribution in [2.24, 2.45) is 0 Å². The molecule has 0 saturated heterocycles. The number of nitrogens with zero attached hydrogens (tertiary/aromatic N) is 2. The summed E-state index contributed by atoms with van der Waals surface area (Å²) in [6.07, 6.45) is 2.34. The molecule has 1 atom stereocenters. The van der Waals surface area contributed by atoms with E-state index in [0.29, 0.717) is 5.75 Å². The van der Waals surface area contributed by atoms with E-state index in [1.807, 2.05) is 18.2 Å². The molecule has 5 nitrogen and oxygen atoms in total. The number of ether oxygens (including phenoxy) is 2. The van der Waals surface area contributed by atoms with E-state index in [9.17, 15) is 8.78 Å². The number of nitrogen functional groups attached to an aromatic ring is 1.